The van der Waals surface area contributed by atoms with Crippen LogP contribution in [0.1, 0.15) is 16.8 Å². The summed E-state index contributed by atoms with van der Waals surface area (Å²) in [6.07, 6.45) is -0.104. The molecule has 1 saturated heterocycles. The van der Waals surface area contributed by atoms with Gasteiger partial charge in [0.15, 0.2) is 5.17 Å². The van der Waals surface area contributed by atoms with E-state index in [0.717, 1.165) is 22.2 Å². The second kappa shape index (κ2) is 8.12. The first kappa shape index (κ1) is 19.4. The number of thiophene rings is 1. The van der Waals surface area contributed by atoms with Crippen LogP contribution < -0.4 is 10.6 Å². The molecule has 1 aliphatic rings. The Morgan fingerprint density at radius 2 is 2.04 bits per heavy atom. The fourth-order valence-corrected chi connectivity index (χ4v) is 4.44. The highest BCUT2D eigenvalue weighted by Gasteiger charge is 2.31. The summed E-state index contributed by atoms with van der Waals surface area (Å²) in [5.41, 5.74) is 1.08. The third kappa shape index (κ3) is 4.49. The van der Waals surface area contributed by atoms with Gasteiger partial charge < -0.3 is 15.4 Å². The van der Waals surface area contributed by atoms with Gasteiger partial charge in [0.2, 0.25) is 11.8 Å². The van der Waals surface area contributed by atoms with Crippen molar-refractivity contribution in [3.63, 3.8) is 0 Å². The normalized spacial score (nSPS) is 16.1. The molecule has 7 nitrogen and oxygen atoms in total. The first-order valence-electron chi connectivity index (χ1n) is 7.71. The molecule has 1 fully saturated rings. The molecule has 1 aliphatic heterocycles. The van der Waals surface area contributed by atoms with E-state index in [2.05, 4.69) is 10.6 Å². The topological polar surface area (TPSA) is 108 Å². The first-order valence-corrected chi connectivity index (χ1v) is 9.79. The Bertz CT molecular complexity index is 927. The number of esters is 1. The number of ether oxygens (including phenoxy) is 1. The maximum Gasteiger partial charge on any atom is 0.340 e. The van der Waals surface area contributed by atoms with E-state index in [9.17, 15) is 14.4 Å². The van der Waals surface area contributed by atoms with Crippen molar-refractivity contribution in [2.45, 2.75) is 11.7 Å². The Morgan fingerprint density at radius 3 is 2.63 bits per heavy atom. The number of rotatable bonds is 5. The van der Waals surface area contributed by atoms with Crippen molar-refractivity contribution in [1.82, 2.24) is 5.32 Å². The summed E-state index contributed by atoms with van der Waals surface area (Å²) < 4.78 is 4.79. The quantitative estimate of drug-likeness (QED) is 0.639. The number of halogens is 1. The Morgan fingerprint density at radius 1 is 1.33 bits per heavy atom. The molecule has 1 atom stereocenters. The van der Waals surface area contributed by atoms with Gasteiger partial charge >= 0.3 is 5.97 Å². The largest absolute Gasteiger partial charge is 0.465 e. The monoisotopic (exact) mass is 423 g/mol. The van der Waals surface area contributed by atoms with Crippen molar-refractivity contribution >= 4 is 62.7 Å². The number of nitrogens with one attached hydrogen (secondary N) is 3. The molecule has 3 N–H and O–H groups in total. The number of carbonyl (C=O) groups excluding carboxylic acids is 3. The molecule has 2 amide bonds. The molecule has 0 saturated carbocycles. The summed E-state index contributed by atoms with van der Waals surface area (Å²) in [5, 5.41) is 12.8. The minimum atomic E-state index is -0.658. The first-order chi connectivity index (χ1) is 12.9. The molecule has 27 heavy (non-hydrogen) atoms. The van der Waals surface area contributed by atoms with Crippen LogP contribution in [0.4, 0.5) is 5.00 Å². The summed E-state index contributed by atoms with van der Waals surface area (Å²) in [6, 6.07) is 8.73. The summed E-state index contributed by atoms with van der Waals surface area (Å²) >= 11 is 8.12. The third-order valence-corrected chi connectivity index (χ3v) is 6.03. The van der Waals surface area contributed by atoms with E-state index in [1.54, 1.807) is 18.2 Å². The fraction of sp³-hybridized carbons (Fsp3) is 0.176. The van der Waals surface area contributed by atoms with E-state index >= 15 is 0 Å². The highest BCUT2D eigenvalue weighted by molar-refractivity contribution is 8.15. The standard InChI is InChI=1S/C17H14ClN3O4S2/c1-25-16(24)10-6-11(8-2-4-9(18)5-3-8)26-15(10)20-13(22)7-12-14(23)21-17(19)27-12/h2-6,12H,7H2,1H3,(H,20,22)(H2,19,21,23). The summed E-state index contributed by atoms with van der Waals surface area (Å²) in [6.45, 7) is 0. The van der Waals surface area contributed by atoms with Crippen LogP contribution in [0.15, 0.2) is 30.3 Å². The Labute approximate surface area is 167 Å². The van der Waals surface area contributed by atoms with Crippen LogP contribution in [0.5, 0.6) is 0 Å². The van der Waals surface area contributed by atoms with E-state index in [-0.39, 0.29) is 23.1 Å². The molecular weight excluding hydrogens is 410 g/mol. The number of benzene rings is 1. The van der Waals surface area contributed by atoms with Crippen molar-refractivity contribution in [1.29, 1.82) is 5.41 Å². The number of thioether (sulfide) groups is 1. The SMILES string of the molecule is COC(=O)c1cc(-c2ccc(Cl)cc2)sc1NC(=O)CC1SC(=N)NC1=O. The lowest BCUT2D eigenvalue weighted by Gasteiger charge is -2.07. The molecule has 1 aromatic heterocycles. The zero-order valence-electron chi connectivity index (χ0n) is 14.0. The van der Waals surface area contributed by atoms with Gasteiger partial charge in [-0.1, -0.05) is 35.5 Å². The molecule has 0 spiro atoms. The predicted octanol–water partition coefficient (Wildman–Crippen LogP) is 3.35. The van der Waals surface area contributed by atoms with Crippen LogP contribution in [0.2, 0.25) is 5.02 Å². The zero-order chi connectivity index (χ0) is 19.6. The molecule has 0 radical (unpaired) electrons. The van der Waals surface area contributed by atoms with Crippen LogP contribution >= 0.6 is 34.7 Å². The number of hydrogen-bond acceptors (Lipinski definition) is 7. The molecule has 1 unspecified atom stereocenters. The van der Waals surface area contributed by atoms with Crippen LogP contribution in [-0.2, 0) is 14.3 Å². The van der Waals surface area contributed by atoms with Crippen molar-refractivity contribution in [3.05, 3.63) is 40.9 Å². The lowest BCUT2D eigenvalue weighted by molar-refractivity contribution is -0.122. The van der Waals surface area contributed by atoms with Crippen LogP contribution in [0, 0.1) is 5.41 Å². The van der Waals surface area contributed by atoms with Gasteiger partial charge in [-0.3, -0.25) is 15.0 Å². The molecular formula is C17H14ClN3O4S2. The number of hydrogen-bond donors (Lipinski definition) is 3. The number of amides is 2. The van der Waals surface area contributed by atoms with Gasteiger partial charge in [-0.2, -0.15) is 0 Å². The minimum absolute atomic E-state index is 0.0224. The molecule has 10 heteroatoms. The van der Waals surface area contributed by atoms with Gasteiger partial charge in [0.25, 0.3) is 0 Å². The lowest BCUT2D eigenvalue weighted by Crippen LogP contribution is -2.27. The summed E-state index contributed by atoms with van der Waals surface area (Å²) in [7, 11) is 1.26. The van der Waals surface area contributed by atoms with Crippen LogP contribution in [-0.4, -0.2) is 35.3 Å². The number of anilines is 1. The second-order valence-corrected chi connectivity index (χ2v) is 8.23. The average molecular weight is 424 g/mol. The van der Waals surface area contributed by atoms with E-state index in [4.69, 9.17) is 21.7 Å². The molecule has 140 valence electrons. The highest BCUT2D eigenvalue weighted by Crippen LogP contribution is 2.36. The average Bonchev–Trinajstić information content (AvgIpc) is 3.18. The van der Waals surface area contributed by atoms with Crippen molar-refractivity contribution < 1.29 is 19.1 Å². The van der Waals surface area contributed by atoms with Gasteiger partial charge in [-0.05, 0) is 23.8 Å². The van der Waals surface area contributed by atoms with Crippen LogP contribution in [0.3, 0.4) is 0 Å². The molecule has 0 bridgehead atoms. The van der Waals surface area contributed by atoms with E-state index in [0.29, 0.717) is 10.0 Å². The Hall–Kier alpha value is -2.36. The van der Waals surface area contributed by atoms with E-state index in [1.165, 1.54) is 18.4 Å². The zero-order valence-corrected chi connectivity index (χ0v) is 16.4. The van der Waals surface area contributed by atoms with Gasteiger partial charge in [0.05, 0.1) is 12.7 Å². The Balaban J connectivity index is 1.81. The van der Waals surface area contributed by atoms with Crippen molar-refractivity contribution in [2.24, 2.45) is 0 Å². The summed E-state index contributed by atoms with van der Waals surface area (Å²) in [5.74, 6) is -1.37. The van der Waals surface area contributed by atoms with Crippen LogP contribution in [0.25, 0.3) is 10.4 Å². The number of amidine groups is 1. The van der Waals surface area contributed by atoms with Crippen molar-refractivity contribution in [3.8, 4) is 10.4 Å². The van der Waals surface area contributed by atoms with Gasteiger partial charge in [0.1, 0.15) is 10.3 Å². The predicted molar refractivity (Wildman–Crippen MR) is 107 cm³/mol. The fourth-order valence-electron chi connectivity index (χ4n) is 2.40. The minimum Gasteiger partial charge on any atom is -0.465 e. The third-order valence-electron chi connectivity index (χ3n) is 3.68. The molecule has 2 heterocycles. The Kier molecular flexibility index (Phi) is 5.83. The maximum atomic E-state index is 12.3. The summed E-state index contributed by atoms with van der Waals surface area (Å²) in [4.78, 5) is 36.8. The molecule has 2 aromatic rings. The smallest absolute Gasteiger partial charge is 0.340 e. The second-order valence-electron chi connectivity index (χ2n) is 5.53. The number of methoxy groups -OCH3 is 1. The van der Waals surface area contributed by atoms with Gasteiger partial charge in [-0.15, -0.1) is 11.3 Å². The van der Waals surface area contributed by atoms with Gasteiger partial charge in [0, 0.05) is 16.3 Å². The molecule has 3 rings (SSSR count). The van der Waals surface area contributed by atoms with Crippen molar-refractivity contribution in [2.75, 3.05) is 12.4 Å². The molecule has 1 aromatic carbocycles. The highest BCUT2D eigenvalue weighted by atomic mass is 35.5. The number of carbonyl (C=O) groups is 3. The van der Waals surface area contributed by atoms with Gasteiger partial charge in [-0.25, -0.2) is 4.79 Å². The van der Waals surface area contributed by atoms with E-state index in [1.807, 2.05) is 12.1 Å². The molecule has 0 aliphatic carbocycles. The maximum absolute atomic E-state index is 12.3. The lowest BCUT2D eigenvalue weighted by atomic mass is 10.1. The van der Waals surface area contributed by atoms with E-state index < -0.39 is 17.1 Å².